The summed E-state index contributed by atoms with van der Waals surface area (Å²) in [6, 6.07) is 8.47. The van der Waals surface area contributed by atoms with Crippen LogP contribution in [0.5, 0.6) is 0 Å². The summed E-state index contributed by atoms with van der Waals surface area (Å²) in [5.41, 5.74) is 3.21. The van der Waals surface area contributed by atoms with Crippen LogP contribution >= 0.6 is 0 Å². The van der Waals surface area contributed by atoms with Gasteiger partial charge in [0.15, 0.2) is 0 Å². The van der Waals surface area contributed by atoms with Crippen molar-refractivity contribution in [2.24, 2.45) is 5.92 Å². The molecule has 2 aliphatic rings. The first-order chi connectivity index (χ1) is 17.5. The van der Waals surface area contributed by atoms with Crippen molar-refractivity contribution in [2.75, 3.05) is 18.4 Å². The molecule has 2 heterocycles. The molecule has 4 rings (SSSR count). The third kappa shape index (κ3) is 7.06. The molecule has 3 N–H and O–H groups in total. The minimum absolute atomic E-state index is 0.186. The Hall–Kier alpha value is -3.42. The fraction of sp³-hybridized carbons (Fsp3) is 0.500. The van der Waals surface area contributed by atoms with Gasteiger partial charge in [0.25, 0.3) is 5.91 Å². The first kappa shape index (κ1) is 25.7. The molecule has 1 aliphatic carbocycles. The predicted molar refractivity (Wildman–Crippen MR) is 138 cm³/mol. The molecular weight excluding hydrogens is 456 g/mol. The number of carbonyl (C=O) groups excluding carboxylic acids is 2. The summed E-state index contributed by atoms with van der Waals surface area (Å²) in [5.74, 6) is -0.773. The number of aryl methyl sites for hydroxylation is 1. The molecular formula is C28H36N4O4. The van der Waals surface area contributed by atoms with E-state index in [0.717, 1.165) is 24.8 Å². The van der Waals surface area contributed by atoms with E-state index < -0.39 is 12.0 Å². The van der Waals surface area contributed by atoms with Crippen LogP contribution in [0.4, 0.5) is 5.69 Å². The van der Waals surface area contributed by atoms with E-state index >= 15 is 0 Å². The SMILES string of the molecule is O=C(O)CC1Nc2cc(C(=O)NCCCc3ccncc3)ccc2CN(CCC2CCCCC2)C1=O. The van der Waals surface area contributed by atoms with Gasteiger partial charge in [0.2, 0.25) is 5.91 Å². The molecule has 1 unspecified atom stereocenters. The van der Waals surface area contributed by atoms with Crippen molar-refractivity contribution >= 4 is 23.5 Å². The minimum atomic E-state index is -1.03. The molecule has 0 radical (unpaired) electrons. The Balaban J connectivity index is 1.40. The van der Waals surface area contributed by atoms with Gasteiger partial charge in [-0.05, 0) is 60.6 Å². The molecule has 2 amide bonds. The molecule has 36 heavy (non-hydrogen) atoms. The second-order valence-electron chi connectivity index (χ2n) is 9.93. The van der Waals surface area contributed by atoms with Crippen molar-refractivity contribution < 1.29 is 19.5 Å². The lowest BCUT2D eigenvalue weighted by Gasteiger charge is -2.27. The number of hydrogen-bond donors (Lipinski definition) is 3. The summed E-state index contributed by atoms with van der Waals surface area (Å²) in [4.78, 5) is 43.3. The van der Waals surface area contributed by atoms with E-state index in [2.05, 4.69) is 15.6 Å². The number of carboxylic acids is 1. The number of amides is 2. The van der Waals surface area contributed by atoms with Crippen LogP contribution in [0.1, 0.15) is 72.9 Å². The number of carbonyl (C=O) groups is 3. The van der Waals surface area contributed by atoms with Crippen LogP contribution in [-0.2, 0) is 22.6 Å². The van der Waals surface area contributed by atoms with Gasteiger partial charge in [-0.15, -0.1) is 0 Å². The number of benzene rings is 1. The highest BCUT2D eigenvalue weighted by atomic mass is 16.4. The van der Waals surface area contributed by atoms with Crippen LogP contribution in [0.25, 0.3) is 0 Å². The quantitative estimate of drug-likeness (QED) is 0.432. The molecule has 1 saturated carbocycles. The van der Waals surface area contributed by atoms with E-state index in [1.165, 1.54) is 37.7 Å². The van der Waals surface area contributed by atoms with Crippen LogP contribution in [0.15, 0.2) is 42.7 Å². The van der Waals surface area contributed by atoms with Crippen molar-refractivity contribution in [3.8, 4) is 0 Å². The topological polar surface area (TPSA) is 112 Å². The van der Waals surface area contributed by atoms with Crippen LogP contribution in [0.3, 0.4) is 0 Å². The molecule has 1 fully saturated rings. The minimum Gasteiger partial charge on any atom is -0.481 e. The maximum absolute atomic E-state index is 13.2. The zero-order valence-corrected chi connectivity index (χ0v) is 20.7. The number of hydrogen-bond acceptors (Lipinski definition) is 5. The second-order valence-corrected chi connectivity index (χ2v) is 9.93. The van der Waals surface area contributed by atoms with E-state index in [9.17, 15) is 19.5 Å². The fourth-order valence-corrected chi connectivity index (χ4v) is 5.21. The number of rotatable bonds is 10. The van der Waals surface area contributed by atoms with Crippen molar-refractivity contribution in [3.63, 3.8) is 0 Å². The van der Waals surface area contributed by atoms with Gasteiger partial charge in [0.05, 0.1) is 6.42 Å². The number of aliphatic carboxylic acids is 1. The smallest absolute Gasteiger partial charge is 0.305 e. The number of nitrogens with zero attached hydrogens (tertiary/aromatic N) is 2. The number of fused-ring (bicyclic) bond motifs is 1. The monoisotopic (exact) mass is 492 g/mol. The first-order valence-corrected chi connectivity index (χ1v) is 13.1. The van der Waals surface area contributed by atoms with Crippen LogP contribution in [-0.4, -0.2) is 51.9 Å². The van der Waals surface area contributed by atoms with Crippen LogP contribution in [0, 0.1) is 5.92 Å². The van der Waals surface area contributed by atoms with E-state index in [0.29, 0.717) is 36.8 Å². The third-order valence-electron chi connectivity index (χ3n) is 7.26. The number of anilines is 1. The molecule has 8 nitrogen and oxygen atoms in total. The number of pyridine rings is 1. The van der Waals surface area contributed by atoms with E-state index in [4.69, 9.17) is 0 Å². The van der Waals surface area contributed by atoms with Gasteiger partial charge in [-0.2, -0.15) is 0 Å². The first-order valence-electron chi connectivity index (χ1n) is 13.1. The van der Waals surface area contributed by atoms with Gasteiger partial charge in [-0.3, -0.25) is 19.4 Å². The van der Waals surface area contributed by atoms with Crippen LogP contribution < -0.4 is 10.6 Å². The summed E-state index contributed by atoms with van der Waals surface area (Å²) in [7, 11) is 0. The van der Waals surface area contributed by atoms with Gasteiger partial charge in [-0.25, -0.2) is 0 Å². The summed E-state index contributed by atoms with van der Waals surface area (Å²) < 4.78 is 0. The van der Waals surface area contributed by atoms with Crippen molar-refractivity contribution in [3.05, 3.63) is 59.4 Å². The van der Waals surface area contributed by atoms with Gasteiger partial charge in [0.1, 0.15) is 6.04 Å². The number of aromatic nitrogens is 1. The Morgan fingerprint density at radius 1 is 1.11 bits per heavy atom. The number of nitrogens with one attached hydrogen (secondary N) is 2. The molecule has 0 spiro atoms. The fourth-order valence-electron chi connectivity index (χ4n) is 5.21. The normalized spacial score (nSPS) is 18.2. The van der Waals surface area contributed by atoms with E-state index in [1.54, 1.807) is 29.4 Å². The van der Waals surface area contributed by atoms with Crippen LogP contribution in [0.2, 0.25) is 0 Å². The third-order valence-corrected chi connectivity index (χ3v) is 7.26. The summed E-state index contributed by atoms with van der Waals surface area (Å²) in [6.07, 6.45) is 12.0. The van der Waals surface area contributed by atoms with Gasteiger partial charge in [-0.1, -0.05) is 38.2 Å². The Morgan fingerprint density at radius 2 is 1.89 bits per heavy atom. The summed E-state index contributed by atoms with van der Waals surface area (Å²) in [6.45, 7) is 1.58. The Labute approximate surface area is 212 Å². The average Bonchev–Trinajstić information content (AvgIpc) is 3.02. The lowest BCUT2D eigenvalue weighted by atomic mass is 9.87. The molecule has 0 bridgehead atoms. The molecule has 192 valence electrons. The molecule has 1 aliphatic heterocycles. The van der Waals surface area contributed by atoms with Crippen molar-refractivity contribution in [2.45, 2.75) is 70.4 Å². The average molecular weight is 493 g/mol. The Kier molecular flexibility index (Phi) is 8.92. The number of carboxylic acid groups (broad SMARTS) is 1. The summed E-state index contributed by atoms with van der Waals surface area (Å²) >= 11 is 0. The maximum Gasteiger partial charge on any atom is 0.305 e. The Bertz CT molecular complexity index is 1050. The maximum atomic E-state index is 13.2. The van der Waals surface area contributed by atoms with Crippen molar-refractivity contribution in [1.29, 1.82) is 0 Å². The highest BCUT2D eigenvalue weighted by molar-refractivity contribution is 5.96. The lowest BCUT2D eigenvalue weighted by Crippen LogP contribution is -2.42. The lowest BCUT2D eigenvalue weighted by molar-refractivity contribution is -0.141. The molecule has 8 heteroatoms. The zero-order chi connectivity index (χ0) is 25.3. The molecule has 1 atom stereocenters. The van der Waals surface area contributed by atoms with E-state index in [-0.39, 0.29) is 18.2 Å². The second kappa shape index (κ2) is 12.5. The standard InChI is InChI=1S/C28H36N4O4/c33-26(34)18-25-28(36)32(16-12-20-5-2-1-3-6-20)19-23-9-8-22(17-24(23)31-25)27(35)30-13-4-7-21-10-14-29-15-11-21/h8-11,14-15,17,20,25,31H,1-7,12-13,16,18-19H2,(H,30,35)(H,33,34). The molecule has 2 aromatic rings. The van der Waals surface area contributed by atoms with Gasteiger partial charge in [0, 0.05) is 43.3 Å². The Morgan fingerprint density at radius 3 is 2.64 bits per heavy atom. The van der Waals surface area contributed by atoms with Crippen molar-refractivity contribution in [1.82, 2.24) is 15.2 Å². The summed E-state index contributed by atoms with van der Waals surface area (Å²) in [5, 5.41) is 15.5. The molecule has 0 saturated heterocycles. The van der Waals surface area contributed by atoms with E-state index in [1.807, 2.05) is 18.2 Å². The predicted octanol–water partition coefficient (Wildman–Crippen LogP) is 4.01. The van der Waals surface area contributed by atoms with Gasteiger partial charge >= 0.3 is 5.97 Å². The highest BCUT2D eigenvalue weighted by Gasteiger charge is 2.31. The largest absolute Gasteiger partial charge is 0.481 e. The highest BCUT2D eigenvalue weighted by Crippen LogP contribution is 2.29. The van der Waals surface area contributed by atoms with Gasteiger partial charge < -0.3 is 20.6 Å². The molecule has 1 aromatic carbocycles. The molecule has 1 aromatic heterocycles. The zero-order valence-electron chi connectivity index (χ0n) is 20.7.